The molecule has 7 heteroatoms. The van der Waals surface area contributed by atoms with E-state index in [0.717, 1.165) is 22.2 Å². The molecule has 0 spiro atoms. The van der Waals surface area contributed by atoms with Gasteiger partial charge in [0.25, 0.3) is 5.91 Å². The van der Waals surface area contributed by atoms with Gasteiger partial charge in [0.15, 0.2) is 6.04 Å². The van der Waals surface area contributed by atoms with Gasteiger partial charge in [-0.1, -0.05) is 66.4 Å². The minimum Gasteiger partial charge on any atom is -0.479 e. The lowest BCUT2D eigenvalue weighted by atomic mass is 10.1. The van der Waals surface area contributed by atoms with E-state index in [1.54, 1.807) is 60.7 Å². The first-order valence-electron chi connectivity index (χ1n) is 7.56. The Morgan fingerprint density at radius 2 is 1.85 bits per heavy atom. The maximum atomic E-state index is 12.8. The van der Waals surface area contributed by atoms with Gasteiger partial charge >= 0.3 is 5.97 Å². The zero-order chi connectivity index (χ0) is 18.7. The lowest BCUT2D eigenvalue weighted by Gasteiger charge is -2.23. The monoisotopic (exact) mass is 380 g/mol. The van der Waals surface area contributed by atoms with Crippen molar-refractivity contribution in [3.63, 3.8) is 0 Å². The van der Waals surface area contributed by atoms with Crippen molar-refractivity contribution >= 4 is 46.3 Å². The normalized spacial score (nSPS) is 16.6. The number of thiocarbonyl (C=S) groups is 1. The maximum absolute atomic E-state index is 12.8. The quantitative estimate of drug-likeness (QED) is 0.645. The second-order valence-corrected chi connectivity index (χ2v) is 7.11. The summed E-state index contributed by atoms with van der Waals surface area (Å²) in [5.41, 5.74) is 1.73. The SMILES string of the molecule is N#Cc1ccc(/C=C2\SC(=S)N([C@@H](C(=O)O)c3ccccc3)C2=O)cc1. The Balaban J connectivity index is 1.94. The fourth-order valence-corrected chi connectivity index (χ4v) is 3.86. The number of carboxylic acids is 1. The summed E-state index contributed by atoms with van der Waals surface area (Å²) in [5.74, 6) is -1.59. The summed E-state index contributed by atoms with van der Waals surface area (Å²) in [6.07, 6.45) is 1.64. The molecule has 1 heterocycles. The van der Waals surface area contributed by atoms with Crippen LogP contribution in [0.5, 0.6) is 0 Å². The number of rotatable bonds is 4. The van der Waals surface area contributed by atoms with E-state index in [4.69, 9.17) is 17.5 Å². The van der Waals surface area contributed by atoms with Crippen molar-refractivity contribution in [3.05, 3.63) is 76.2 Å². The molecule has 0 radical (unpaired) electrons. The van der Waals surface area contributed by atoms with E-state index in [1.165, 1.54) is 0 Å². The third kappa shape index (κ3) is 3.52. The molecule has 1 aliphatic heterocycles. The highest BCUT2D eigenvalue weighted by Gasteiger charge is 2.41. The van der Waals surface area contributed by atoms with Crippen molar-refractivity contribution in [1.82, 2.24) is 4.90 Å². The Kier molecular flexibility index (Phi) is 5.16. The highest BCUT2D eigenvalue weighted by Crippen LogP contribution is 2.38. The summed E-state index contributed by atoms with van der Waals surface area (Å²) in [7, 11) is 0. The molecule has 0 bridgehead atoms. The largest absolute Gasteiger partial charge is 0.479 e. The van der Waals surface area contributed by atoms with Crippen LogP contribution in [0, 0.1) is 11.3 Å². The number of benzene rings is 2. The molecule has 0 unspecified atom stereocenters. The number of aliphatic carboxylic acids is 1. The number of carbonyl (C=O) groups excluding carboxylic acids is 1. The summed E-state index contributed by atoms with van der Waals surface area (Å²) < 4.78 is 0.200. The molecule has 1 aliphatic rings. The number of hydrogen-bond donors (Lipinski definition) is 1. The lowest BCUT2D eigenvalue weighted by Crippen LogP contribution is -2.37. The molecular weight excluding hydrogens is 368 g/mol. The van der Waals surface area contributed by atoms with Gasteiger partial charge in [-0.15, -0.1) is 0 Å². The third-order valence-corrected chi connectivity index (χ3v) is 5.10. The molecular formula is C19H12N2O3S2. The molecule has 0 aliphatic carbocycles. The molecule has 2 aromatic rings. The van der Waals surface area contributed by atoms with E-state index >= 15 is 0 Å². The van der Waals surface area contributed by atoms with Crippen molar-refractivity contribution in [2.45, 2.75) is 6.04 Å². The molecule has 1 amide bonds. The van der Waals surface area contributed by atoms with Crippen LogP contribution in [0.15, 0.2) is 59.5 Å². The molecule has 1 saturated heterocycles. The van der Waals surface area contributed by atoms with Crippen LogP contribution in [0.4, 0.5) is 0 Å². The molecule has 0 saturated carbocycles. The average Bonchev–Trinajstić information content (AvgIpc) is 2.91. The second kappa shape index (κ2) is 7.52. The fraction of sp³-hybridized carbons (Fsp3) is 0.0526. The molecule has 2 aromatic carbocycles. The van der Waals surface area contributed by atoms with Gasteiger partial charge in [0.2, 0.25) is 0 Å². The summed E-state index contributed by atoms with van der Waals surface area (Å²) in [4.78, 5) is 26.1. The summed E-state index contributed by atoms with van der Waals surface area (Å²) in [5, 5.41) is 18.5. The van der Waals surface area contributed by atoms with Crippen molar-refractivity contribution in [1.29, 1.82) is 5.26 Å². The van der Waals surface area contributed by atoms with Crippen LogP contribution in [-0.4, -0.2) is 26.2 Å². The number of thioether (sulfide) groups is 1. The highest BCUT2D eigenvalue weighted by molar-refractivity contribution is 8.26. The Hall–Kier alpha value is -2.95. The molecule has 0 aromatic heterocycles. The van der Waals surface area contributed by atoms with Gasteiger partial charge in [0.1, 0.15) is 4.32 Å². The molecule has 1 fully saturated rings. The van der Waals surface area contributed by atoms with Crippen molar-refractivity contribution < 1.29 is 14.7 Å². The van der Waals surface area contributed by atoms with Crippen LogP contribution in [0.25, 0.3) is 6.08 Å². The van der Waals surface area contributed by atoms with Crippen LogP contribution in [0.1, 0.15) is 22.7 Å². The Bertz CT molecular complexity index is 947. The predicted molar refractivity (Wildman–Crippen MR) is 103 cm³/mol. The number of carboxylic acid groups (broad SMARTS) is 1. The number of nitrogens with zero attached hydrogens (tertiary/aromatic N) is 2. The van der Waals surface area contributed by atoms with Gasteiger partial charge < -0.3 is 5.11 Å². The second-order valence-electron chi connectivity index (χ2n) is 5.44. The van der Waals surface area contributed by atoms with Crippen LogP contribution in [0.3, 0.4) is 0 Å². The van der Waals surface area contributed by atoms with E-state index in [1.807, 2.05) is 6.07 Å². The first-order chi connectivity index (χ1) is 12.5. The van der Waals surface area contributed by atoms with Gasteiger partial charge in [-0.2, -0.15) is 5.26 Å². The summed E-state index contributed by atoms with van der Waals surface area (Å²) in [6.45, 7) is 0. The predicted octanol–water partition coefficient (Wildman–Crippen LogP) is 3.59. The number of amides is 1. The maximum Gasteiger partial charge on any atom is 0.331 e. The van der Waals surface area contributed by atoms with Gasteiger partial charge in [-0.25, -0.2) is 4.79 Å². The number of hydrogen-bond acceptors (Lipinski definition) is 5. The van der Waals surface area contributed by atoms with Gasteiger partial charge in [0.05, 0.1) is 16.5 Å². The smallest absolute Gasteiger partial charge is 0.331 e. The minimum absolute atomic E-state index is 0.200. The van der Waals surface area contributed by atoms with E-state index in [2.05, 4.69) is 0 Å². The molecule has 3 rings (SSSR count). The van der Waals surface area contributed by atoms with Crippen molar-refractivity contribution in [3.8, 4) is 6.07 Å². The first kappa shape index (κ1) is 17.9. The molecule has 26 heavy (non-hydrogen) atoms. The third-order valence-electron chi connectivity index (χ3n) is 3.77. The fourth-order valence-electron chi connectivity index (χ4n) is 2.55. The van der Waals surface area contributed by atoms with Crippen LogP contribution in [0.2, 0.25) is 0 Å². The van der Waals surface area contributed by atoms with E-state index < -0.39 is 17.9 Å². The summed E-state index contributed by atoms with van der Waals surface area (Å²) in [6, 6.07) is 16.1. The van der Waals surface area contributed by atoms with E-state index in [-0.39, 0.29) is 4.32 Å². The topological polar surface area (TPSA) is 81.4 Å². The molecule has 1 atom stereocenters. The minimum atomic E-state index is -1.17. The lowest BCUT2D eigenvalue weighted by molar-refractivity contribution is -0.145. The first-order valence-corrected chi connectivity index (χ1v) is 8.78. The zero-order valence-electron chi connectivity index (χ0n) is 13.3. The van der Waals surface area contributed by atoms with Gasteiger partial charge in [-0.05, 0) is 29.3 Å². The van der Waals surface area contributed by atoms with E-state index in [0.29, 0.717) is 16.0 Å². The number of nitriles is 1. The Labute approximate surface area is 159 Å². The Morgan fingerprint density at radius 3 is 2.42 bits per heavy atom. The zero-order valence-corrected chi connectivity index (χ0v) is 15.0. The van der Waals surface area contributed by atoms with Gasteiger partial charge in [0, 0.05) is 0 Å². The molecule has 1 N–H and O–H groups in total. The Morgan fingerprint density at radius 1 is 1.19 bits per heavy atom. The summed E-state index contributed by atoms with van der Waals surface area (Å²) >= 11 is 6.33. The van der Waals surface area contributed by atoms with Gasteiger partial charge in [-0.3, -0.25) is 9.69 Å². The van der Waals surface area contributed by atoms with Crippen LogP contribution >= 0.6 is 24.0 Å². The van der Waals surface area contributed by atoms with Crippen LogP contribution < -0.4 is 0 Å². The molecule has 128 valence electrons. The van der Waals surface area contributed by atoms with Crippen molar-refractivity contribution in [2.75, 3.05) is 0 Å². The standard InChI is InChI=1S/C19H12N2O3S2/c20-11-13-8-6-12(7-9-13)10-15-17(22)21(19(25)26-15)16(18(23)24)14-4-2-1-3-5-14/h1-10,16H,(H,23,24)/b15-10-/t16-/m1/s1. The van der Waals surface area contributed by atoms with E-state index in [9.17, 15) is 14.7 Å². The average molecular weight is 380 g/mol. The number of carbonyl (C=O) groups is 2. The molecule has 5 nitrogen and oxygen atoms in total. The van der Waals surface area contributed by atoms with Crippen LogP contribution in [-0.2, 0) is 9.59 Å². The van der Waals surface area contributed by atoms with Crippen molar-refractivity contribution in [2.24, 2.45) is 0 Å². The highest BCUT2D eigenvalue weighted by atomic mass is 32.2.